The average molecular weight is 514 g/mol. The van der Waals surface area contributed by atoms with Crippen LogP contribution in [0.2, 0.25) is 0 Å². The number of rotatable bonds is 5. The Bertz CT molecular complexity index is 1280. The first-order chi connectivity index (χ1) is 17.1. The average Bonchev–Trinajstić information content (AvgIpc) is 2.77. The molecule has 0 aromatic heterocycles. The van der Waals surface area contributed by atoms with E-state index in [4.69, 9.17) is 5.73 Å². The normalized spacial score (nSPS) is 29.7. The lowest BCUT2D eigenvalue weighted by Crippen LogP contribution is -2.69. The molecule has 4 atom stereocenters. The third-order valence-electron chi connectivity index (χ3n) is 8.02. The van der Waals surface area contributed by atoms with E-state index >= 15 is 0 Å². The molecule has 0 heterocycles. The molecule has 0 unspecified atom stereocenters. The molecule has 10 nitrogen and oxygen atoms in total. The first-order valence-electron chi connectivity index (χ1n) is 12.3. The minimum Gasteiger partial charge on any atom is -0.510 e. The van der Waals surface area contributed by atoms with Crippen LogP contribution >= 0.6 is 0 Å². The lowest BCUT2D eigenvalue weighted by molar-refractivity contribution is -0.160. The van der Waals surface area contributed by atoms with Gasteiger partial charge in [0.1, 0.15) is 22.8 Å². The van der Waals surface area contributed by atoms with E-state index in [0.29, 0.717) is 24.2 Å². The van der Waals surface area contributed by atoms with Crippen LogP contribution in [0.25, 0.3) is 0 Å². The van der Waals surface area contributed by atoms with Gasteiger partial charge in [-0.3, -0.25) is 14.4 Å². The van der Waals surface area contributed by atoms with Crippen LogP contribution in [0.15, 0.2) is 34.8 Å². The number of benzene rings is 1. The molecule has 0 saturated carbocycles. The number of phenols is 1. The highest BCUT2D eigenvalue weighted by Gasteiger charge is 2.68. The van der Waals surface area contributed by atoms with Gasteiger partial charge in [-0.1, -0.05) is 39.8 Å². The molecule has 200 valence electrons. The van der Waals surface area contributed by atoms with Crippen LogP contribution < -0.4 is 16.4 Å². The molecule has 10 heteroatoms. The highest BCUT2D eigenvalue weighted by atomic mass is 16.3. The van der Waals surface area contributed by atoms with Crippen molar-refractivity contribution in [2.75, 3.05) is 13.6 Å². The summed E-state index contributed by atoms with van der Waals surface area (Å²) in [5.74, 6) is -5.54. The molecule has 1 amide bonds. The Hall–Kier alpha value is -3.21. The number of Topliss-reactive ketones (excluding diaryl/α,β-unsaturated/α-hetero) is 2. The number of nitrogens with two attached hydrogens (primary N) is 1. The molecule has 37 heavy (non-hydrogen) atoms. The number of allylic oxidation sites excluding steroid dienone is 1. The zero-order valence-corrected chi connectivity index (χ0v) is 21.7. The number of phenolic OH excluding ortho intramolecular Hbond substituents is 1. The smallest absolute Gasteiger partial charge is 0.255 e. The van der Waals surface area contributed by atoms with Crippen molar-refractivity contribution in [1.82, 2.24) is 10.6 Å². The molecule has 0 radical (unpaired) electrons. The second kappa shape index (κ2) is 8.68. The molecule has 4 rings (SSSR count). The number of hydrogen-bond donors (Lipinski definition) is 7. The largest absolute Gasteiger partial charge is 0.510 e. The van der Waals surface area contributed by atoms with Crippen molar-refractivity contribution in [3.8, 4) is 5.75 Å². The fourth-order valence-electron chi connectivity index (χ4n) is 6.23. The summed E-state index contributed by atoms with van der Waals surface area (Å²) < 4.78 is 0. The van der Waals surface area contributed by atoms with Crippen molar-refractivity contribution >= 4 is 17.5 Å². The third kappa shape index (κ3) is 3.77. The Morgan fingerprint density at radius 1 is 1.19 bits per heavy atom. The van der Waals surface area contributed by atoms with E-state index in [1.54, 1.807) is 12.1 Å². The van der Waals surface area contributed by atoms with Gasteiger partial charge in [0.25, 0.3) is 5.91 Å². The summed E-state index contributed by atoms with van der Waals surface area (Å²) in [7, 11) is 1.48. The van der Waals surface area contributed by atoms with E-state index in [0.717, 1.165) is 0 Å². The number of ketones is 2. The molecule has 0 spiro atoms. The standard InChI is InChI=1S/C27H35N3O7/c1-25(2,3)11-30-10-13-7-6-12-8-14-9-26(4)21(29-5)20(33)17(24(28)36)23(35)27(26,37)22(34)16(14)19(32)15(12)18(13)31/h6-7,14,21,29-31,33-34,37H,8-11H2,1-5H3,(H2,28,36)/t14-,21+,26-,27-/m0/s1. The monoisotopic (exact) mass is 513 g/mol. The molecule has 0 aliphatic heterocycles. The van der Waals surface area contributed by atoms with E-state index < -0.39 is 57.5 Å². The number of amides is 1. The van der Waals surface area contributed by atoms with Crippen molar-refractivity contribution in [2.45, 2.75) is 58.7 Å². The first kappa shape index (κ1) is 26.8. The van der Waals surface area contributed by atoms with Crippen LogP contribution in [0.3, 0.4) is 0 Å². The fraction of sp³-hybridized carbons (Fsp3) is 0.519. The van der Waals surface area contributed by atoms with Crippen LogP contribution in [-0.4, -0.2) is 63.1 Å². The zero-order chi connectivity index (χ0) is 27.7. The molecule has 0 fully saturated rings. The molecule has 3 aliphatic rings. The Balaban J connectivity index is 1.84. The van der Waals surface area contributed by atoms with Gasteiger partial charge in [0.05, 0.1) is 11.6 Å². The molecular formula is C27H35N3O7. The topological polar surface area (TPSA) is 182 Å². The van der Waals surface area contributed by atoms with Gasteiger partial charge in [-0.25, -0.2) is 0 Å². The molecule has 3 aliphatic carbocycles. The van der Waals surface area contributed by atoms with Gasteiger partial charge < -0.3 is 36.8 Å². The summed E-state index contributed by atoms with van der Waals surface area (Å²) in [6, 6.07) is 2.41. The summed E-state index contributed by atoms with van der Waals surface area (Å²) in [5, 5.41) is 51.0. The van der Waals surface area contributed by atoms with E-state index in [1.807, 2.05) is 0 Å². The number of primary amides is 1. The van der Waals surface area contributed by atoms with E-state index in [2.05, 4.69) is 31.4 Å². The summed E-state index contributed by atoms with van der Waals surface area (Å²) in [4.78, 5) is 39.2. The number of aliphatic hydroxyl groups excluding tert-OH is 2. The van der Waals surface area contributed by atoms with Crippen LogP contribution in [0.4, 0.5) is 0 Å². The summed E-state index contributed by atoms with van der Waals surface area (Å²) in [5.41, 5.74) is 1.22. The highest BCUT2D eigenvalue weighted by Crippen LogP contribution is 2.57. The number of carbonyl (C=O) groups is 3. The number of likely N-dealkylation sites (N-methyl/N-ethyl adjacent to an activating group) is 1. The maximum atomic E-state index is 13.7. The van der Waals surface area contributed by atoms with Gasteiger partial charge in [-0.05, 0) is 36.8 Å². The molecule has 1 aromatic rings. The first-order valence-corrected chi connectivity index (χ1v) is 12.3. The number of carbonyl (C=O) groups excluding carboxylic acids is 3. The highest BCUT2D eigenvalue weighted by molar-refractivity contribution is 6.25. The number of fused-ring (bicyclic) bond motifs is 3. The number of aromatic hydroxyl groups is 1. The van der Waals surface area contributed by atoms with Gasteiger partial charge in [0, 0.05) is 29.6 Å². The SMILES string of the molecule is CN[C@@H]1C(O)=C(C(N)=O)C(=O)[C@@]2(O)C(O)=C3C(=O)c4c(ccc(CNCC(C)(C)C)c4O)C[C@H]3C[C@@]12C. The Kier molecular flexibility index (Phi) is 6.30. The third-order valence-corrected chi connectivity index (χ3v) is 8.02. The predicted octanol–water partition coefficient (Wildman–Crippen LogP) is 1.30. The van der Waals surface area contributed by atoms with Crippen LogP contribution in [0.1, 0.15) is 55.6 Å². The van der Waals surface area contributed by atoms with Crippen LogP contribution in [0, 0.1) is 16.7 Å². The summed E-state index contributed by atoms with van der Waals surface area (Å²) in [6.45, 7) is 8.70. The molecular weight excluding hydrogens is 478 g/mol. The molecule has 0 saturated heterocycles. The van der Waals surface area contributed by atoms with Gasteiger partial charge in [-0.15, -0.1) is 0 Å². The quantitative estimate of drug-likeness (QED) is 0.285. The van der Waals surface area contributed by atoms with Crippen molar-refractivity contribution in [3.63, 3.8) is 0 Å². The Morgan fingerprint density at radius 3 is 2.41 bits per heavy atom. The molecule has 8 N–H and O–H groups in total. The van der Waals surface area contributed by atoms with Gasteiger partial charge in [0.15, 0.2) is 11.4 Å². The lowest BCUT2D eigenvalue weighted by atomic mass is 9.51. The van der Waals surface area contributed by atoms with E-state index in [-0.39, 0.29) is 35.1 Å². The molecule has 0 bridgehead atoms. The lowest BCUT2D eigenvalue weighted by Gasteiger charge is -2.55. The Labute approximate surface area is 215 Å². The Morgan fingerprint density at radius 2 is 1.84 bits per heavy atom. The predicted molar refractivity (Wildman–Crippen MR) is 135 cm³/mol. The summed E-state index contributed by atoms with van der Waals surface area (Å²) >= 11 is 0. The van der Waals surface area contributed by atoms with Crippen molar-refractivity contribution in [1.29, 1.82) is 0 Å². The van der Waals surface area contributed by atoms with E-state index in [1.165, 1.54) is 14.0 Å². The van der Waals surface area contributed by atoms with E-state index in [9.17, 15) is 34.8 Å². The van der Waals surface area contributed by atoms with Gasteiger partial charge >= 0.3 is 0 Å². The molecule has 1 aromatic carbocycles. The fourth-order valence-corrected chi connectivity index (χ4v) is 6.23. The second-order valence-corrected chi connectivity index (χ2v) is 11.8. The second-order valence-electron chi connectivity index (χ2n) is 11.8. The van der Waals surface area contributed by atoms with Gasteiger partial charge in [-0.2, -0.15) is 0 Å². The minimum atomic E-state index is -2.70. The number of nitrogens with one attached hydrogen (secondary N) is 2. The minimum absolute atomic E-state index is 0.0120. The van der Waals surface area contributed by atoms with Crippen molar-refractivity contribution in [3.05, 3.63) is 51.5 Å². The van der Waals surface area contributed by atoms with Gasteiger partial charge in [0.2, 0.25) is 5.78 Å². The van der Waals surface area contributed by atoms with Crippen molar-refractivity contribution in [2.24, 2.45) is 22.5 Å². The van der Waals surface area contributed by atoms with Crippen molar-refractivity contribution < 1.29 is 34.8 Å². The maximum absolute atomic E-state index is 13.7. The number of hydrogen-bond acceptors (Lipinski definition) is 9. The van der Waals surface area contributed by atoms with Crippen LogP contribution in [-0.2, 0) is 22.6 Å². The maximum Gasteiger partial charge on any atom is 0.255 e. The zero-order valence-electron chi connectivity index (χ0n) is 21.7. The van der Waals surface area contributed by atoms with Crippen LogP contribution in [0.5, 0.6) is 5.75 Å². The number of aliphatic hydroxyl groups is 3. The summed E-state index contributed by atoms with van der Waals surface area (Å²) in [6.07, 6.45) is 0.282.